The summed E-state index contributed by atoms with van der Waals surface area (Å²) in [7, 11) is 0. The van der Waals surface area contributed by atoms with Gasteiger partial charge in [-0.3, -0.25) is 0 Å². The first-order valence-corrected chi connectivity index (χ1v) is 7.00. The van der Waals surface area contributed by atoms with Crippen molar-refractivity contribution >= 4 is 0 Å². The Morgan fingerprint density at radius 1 is 1.00 bits per heavy atom. The molecule has 0 amide bonds. The Bertz CT molecular complexity index is 876. The molecule has 0 saturated heterocycles. The van der Waals surface area contributed by atoms with Crippen molar-refractivity contribution in [2.45, 2.75) is 12.7 Å². The van der Waals surface area contributed by atoms with Gasteiger partial charge in [-0.2, -0.15) is 18.4 Å². The lowest BCUT2D eigenvalue weighted by molar-refractivity contribution is -0.137. The molecule has 0 fully saturated rings. The van der Waals surface area contributed by atoms with Gasteiger partial charge in [0, 0.05) is 0 Å². The number of nitriles is 1. The second-order valence-corrected chi connectivity index (χ2v) is 5.20. The summed E-state index contributed by atoms with van der Waals surface area (Å²) in [5.74, 6) is 0. The van der Waals surface area contributed by atoms with Gasteiger partial charge in [-0.05, 0) is 41.0 Å². The Balaban J connectivity index is 1.98. The van der Waals surface area contributed by atoms with Gasteiger partial charge in [0.15, 0.2) is 0 Å². The number of nitrogens with zero attached hydrogens (tertiary/aromatic N) is 4. The van der Waals surface area contributed by atoms with Crippen molar-refractivity contribution in [1.82, 2.24) is 14.8 Å². The average molecular weight is 328 g/mol. The molecule has 0 aliphatic heterocycles. The van der Waals surface area contributed by atoms with Crippen LogP contribution in [0.3, 0.4) is 0 Å². The highest BCUT2D eigenvalue weighted by Gasteiger charge is 2.30. The van der Waals surface area contributed by atoms with Gasteiger partial charge in [-0.15, -0.1) is 10.2 Å². The van der Waals surface area contributed by atoms with E-state index in [2.05, 4.69) is 16.3 Å². The van der Waals surface area contributed by atoms with Crippen LogP contribution in [0.25, 0.3) is 11.1 Å². The van der Waals surface area contributed by atoms with E-state index in [-0.39, 0.29) is 0 Å². The number of hydrogen-bond donors (Lipinski definition) is 0. The molecule has 24 heavy (non-hydrogen) atoms. The zero-order chi connectivity index (χ0) is 17.2. The zero-order valence-corrected chi connectivity index (χ0v) is 12.3. The van der Waals surface area contributed by atoms with E-state index in [0.717, 1.165) is 17.7 Å². The summed E-state index contributed by atoms with van der Waals surface area (Å²) in [5.41, 5.74) is 1.73. The number of benzene rings is 2. The van der Waals surface area contributed by atoms with Crippen molar-refractivity contribution < 1.29 is 13.2 Å². The van der Waals surface area contributed by atoms with Gasteiger partial charge in [0.2, 0.25) is 0 Å². The number of aromatic nitrogens is 3. The third-order valence-corrected chi connectivity index (χ3v) is 3.56. The van der Waals surface area contributed by atoms with Gasteiger partial charge in [0.1, 0.15) is 12.7 Å². The summed E-state index contributed by atoms with van der Waals surface area (Å²) in [5, 5.41) is 16.7. The lowest BCUT2D eigenvalue weighted by atomic mass is 9.97. The zero-order valence-electron chi connectivity index (χ0n) is 12.3. The van der Waals surface area contributed by atoms with Gasteiger partial charge in [-0.1, -0.05) is 18.2 Å². The summed E-state index contributed by atoms with van der Waals surface area (Å²) < 4.78 is 39.8. The predicted molar refractivity (Wildman–Crippen MR) is 80.7 cm³/mol. The molecule has 3 aromatic rings. The first kappa shape index (κ1) is 15.7. The topological polar surface area (TPSA) is 54.5 Å². The molecular formula is C17H11F3N4. The van der Waals surface area contributed by atoms with Crippen molar-refractivity contribution in [3.8, 4) is 17.2 Å². The van der Waals surface area contributed by atoms with Gasteiger partial charge < -0.3 is 4.57 Å². The van der Waals surface area contributed by atoms with Crippen molar-refractivity contribution in [2.75, 3.05) is 0 Å². The summed E-state index contributed by atoms with van der Waals surface area (Å²) >= 11 is 0. The van der Waals surface area contributed by atoms with Crippen molar-refractivity contribution in [3.05, 3.63) is 71.8 Å². The number of rotatable bonds is 3. The summed E-state index contributed by atoms with van der Waals surface area (Å²) in [6.07, 6.45) is -1.25. The van der Waals surface area contributed by atoms with E-state index >= 15 is 0 Å². The van der Waals surface area contributed by atoms with Crippen LogP contribution < -0.4 is 0 Å². The van der Waals surface area contributed by atoms with E-state index in [1.165, 1.54) is 12.1 Å². The van der Waals surface area contributed by atoms with Crippen molar-refractivity contribution in [2.24, 2.45) is 0 Å². The van der Waals surface area contributed by atoms with Crippen LogP contribution in [-0.2, 0) is 12.7 Å². The van der Waals surface area contributed by atoms with Crippen LogP contribution in [0.4, 0.5) is 13.2 Å². The number of halogens is 3. The van der Waals surface area contributed by atoms with Crippen LogP contribution >= 0.6 is 0 Å². The second-order valence-electron chi connectivity index (χ2n) is 5.20. The molecule has 1 aromatic heterocycles. The molecule has 3 rings (SSSR count). The predicted octanol–water partition coefficient (Wildman–Crippen LogP) is 3.88. The fourth-order valence-electron chi connectivity index (χ4n) is 2.38. The van der Waals surface area contributed by atoms with Crippen LogP contribution in [0, 0.1) is 11.3 Å². The molecule has 0 saturated carbocycles. The molecule has 0 bridgehead atoms. The second kappa shape index (κ2) is 6.16. The third-order valence-electron chi connectivity index (χ3n) is 3.56. The van der Waals surface area contributed by atoms with Crippen molar-refractivity contribution in [1.29, 1.82) is 5.26 Å². The largest absolute Gasteiger partial charge is 0.416 e. The average Bonchev–Trinajstić information content (AvgIpc) is 3.07. The van der Waals surface area contributed by atoms with Crippen LogP contribution in [0.15, 0.2) is 55.1 Å². The molecule has 4 nitrogen and oxygen atoms in total. The molecule has 0 aliphatic rings. The highest BCUT2D eigenvalue weighted by molar-refractivity contribution is 5.71. The van der Waals surface area contributed by atoms with Gasteiger partial charge in [0.25, 0.3) is 0 Å². The Labute approximate surface area is 135 Å². The molecule has 0 N–H and O–H groups in total. The summed E-state index contributed by atoms with van der Waals surface area (Å²) in [6, 6.07) is 12.1. The number of alkyl halides is 3. The van der Waals surface area contributed by atoms with E-state index < -0.39 is 11.7 Å². The molecule has 0 spiro atoms. The Morgan fingerprint density at radius 3 is 2.25 bits per heavy atom. The molecule has 7 heteroatoms. The van der Waals surface area contributed by atoms with E-state index in [1.807, 2.05) is 0 Å². The van der Waals surface area contributed by atoms with Crippen LogP contribution in [0.2, 0.25) is 0 Å². The maximum absolute atomic E-state index is 12.7. The molecule has 0 aliphatic carbocycles. The first-order chi connectivity index (χ1) is 11.5. The molecule has 2 aromatic carbocycles. The highest BCUT2D eigenvalue weighted by atomic mass is 19.4. The first-order valence-electron chi connectivity index (χ1n) is 7.00. The molecule has 0 unspecified atom stereocenters. The van der Waals surface area contributed by atoms with Crippen LogP contribution in [-0.4, -0.2) is 14.8 Å². The van der Waals surface area contributed by atoms with E-state index in [0.29, 0.717) is 23.2 Å². The monoisotopic (exact) mass is 328 g/mol. The Kier molecular flexibility index (Phi) is 4.04. The lowest BCUT2D eigenvalue weighted by Crippen LogP contribution is -2.04. The third kappa shape index (κ3) is 3.27. The fourth-order valence-corrected chi connectivity index (χ4v) is 2.38. The molecule has 120 valence electrons. The quantitative estimate of drug-likeness (QED) is 0.733. The Hall–Kier alpha value is -3.14. The molecular weight excluding hydrogens is 317 g/mol. The van der Waals surface area contributed by atoms with Crippen LogP contribution in [0.1, 0.15) is 16.7 Å². The minimum Gasteiger partial charge on any atom is -0.316 e. The van der Waals surface area contributed by atoms with E-state index in [4.69, 9.17) is 0 Å². The maximum atomic E-state index is 12.7. The number of hydrogen-bond acceptors (Lipinski definition) is 3. The standard InChI is InChI=1S/C17H11F3N4/c18-17(19,20)15-5-3-13(4-6-15)16-7-12(1-2-14(16)8-21)9-24-10-22-23-11-24/h1-7,10-11H,9H2. The normalized spacial score (nSPS) is 11.2. The van der Waals surface area contributed by atoms with Crippen molar-refractivity contribution in [3.63, 3.8) is 0 Å². The smallest absolute Gasteiger partial charge is 0.316 e. The summed E-state index contributed by atoms with van der Waals surface area (Å²) in [4.78, 5) is 0. The minimum atomic E-state index is -4.38. The van der Waals surface area contributed by atoms with Crippen LogP contribution in [0.5, 0.6) is 0 Å². The SMILES string of the molecule is N#Cc1ccc(Cn2cnnc2)cc1-c1ccc(C(F)(F)F)cc1. The van der Waals surface area contributed by atoms with Gasteiger partial charge >= 0.3 is 6.18 Å². The minimum absolute atomic E-state index is 0.405. The maximum Gasteiger partial charge on any atom is 0.416 e. The van der Waals surface area contributed by atoms with Gasteiger partial charge in [-0.25, -0.2) is 0 Å². The highest BCUT2D eigenvalue weighted by Crippen LogP contribution is 2.32. The molecule has 0 radical (unpaired) electrons. The summed E-state index contributed by atoms with van der Waals surface area (Å²) in [6.45, 7) is 0.506. The fraction of sp³-hybridized carbons (Fsp3) is 0.118. The van der Waals surface area contributed by atoms with E-state index in [1.54, 1.807) is 35.4 Å². The lowest BCUT2D eigenvalue weighted by Gasteiger charge is -2.10. The molecule has 1 heterocycles. The Morgan fingerprint density at radius 2 is 1.67 bits per heavy atom. The van der Waals surface area contributed by atoms with Gasteiger partial charge in [0.05, 0.1) is 23.7 Å². The molecule has 0 atom stereocenters. The van der Waals surface area contributed by atoms with E-state index in [9.17, 15) is 18.4 Å².